The second-order valence-corrected chi connectivity index (χ2v) is 6.30. The Morgan fingerprint density at radius 1 is 1.31 bits per heavy atom. The van der Waals surface area contributed by atoms with Crippen LogP contribution in [0.4, 0.5) is 0 Å². The van der Waals surface area contributed by atoms with Crippen molar-refractivity contribution in [2.24, 2.45) is 11.7 Å². The van der Waals surface area contributed by atoms with Crippen molar-refractivity contribution in [2.45, 2.75) is 44.7 Å². The molecule has 1 saturated heterocycles. The molecule has 3 heteroatoms. The molecule has 1 aliphatic carbocycles. The fourth-order valence-electron chi connectivity index (χ4n) is 2.62. The van der Waals surface area contributed by atoms with Gasteiger partial charge in [-0.1, -0.05) is 0 Å². The Morgan fingerprint density at radius 3 is 2.56 bits per heavy atom. The van der Waals surface area contributed by atoms with E-state index in [-0.39, 0.29) is 0 Å². The van der Waals surface area contributed by atoms with Crippen molar-refractivity contribution < 1.29 is 0 Å². The number of rotatable bonds is 4. The topological polar surface area (TPSA) is 32.5 Å². The highest BCUT2D eigenvalue weighted by Gasteiger charge is 2.32. The van der Waals surface area contributed by atoms with Crippen LogP contribution in [0.1, 0.15) is 33.1 Å². The van der Waals surface area contributed by atoms with E-state index in [2.05, 4.69) is 30.7 Å². The minimum absolute atomic E-state index is 0.321. The molecule has 1 aliphatic heterocycles. The lowest BCUT2D eigenvalue weighted by Gasteiger charge is -2.45. The highest BCUT2D eigenvalue weighted by atomic mass is 15.3. The van der Waals surface area contributed by atoms with Gasteiger partial charge in [-0.25, -0.2) is 0 Å². The third kappa shape index (κ3) is 2.96. The molecule has 1 unspecified atom stereocenters. The third-order valence-corrected chi connectivity index (χ3v) is 4.40. The molecule has 0 bridgehead atoms. The van der Waals surface area contributed by atoms with E-state index in [0.29, 0.717) is 11.6 Å². The average molecular weight is 225 g/mol. The lowest BCUT2D eigenvalue weighted by atomic mass is 9.99. The molecule has 1 atom stereocenters. The van der Waals surface area contributed by atoms with Crippen LogP contribution in [0, 0.1) is 5.92 Å². The zero-order valence-corrected chi connectivity index (χ0v) is 11.1. The van der Waals surface area contributed by atoms with E-state index in [9.17, 15) is 0 Å². The van der Waals surface area contributed by atoms with Crippen LogP contribution in [-0.2, 0) is 0 Å². The molecule has 2 N–H and O–H groups in total. The molecule has 0 aromatic carbocycles. The van der Waals surface area contributed by atoms with Crippen molar-refractivity contribution in [1.29, 1.82) is 0 Å². The van der Waals surface area contributed by atoms with E-state index in [4.69, 9.17) is 5.73 Å². The van der Waals surface area contributed by atoms with Gasteiger partial charge in [0.2, 0.25) is 0 Å². The van der Waals surface area contributed by atoms with Crippen LogP contribution in [0.2, 0.25) is 0 Å². The highest BCUT2D eigenvalue weighted by Crippen LogP contribution is 2.33. The van der Waals surface area contributed by atoms with E-state index in [1.807, 2.05) is 0 Å². The van der Waals surface area contributed by atoms with Gasteiger partial charge in [0, 0.05) is 31.2 Å². The van der Waals surface area contributed by atoms with Crippen molar-refractivity contribution >= 4 is 0 Å². The van der Waals surface area contributed by atoms with Crippen molar-refractivity contribution in [1.82, 2.24) is 9.80 Å². The highest BCUT2D eigenvalue weighted by molar-refractivity contribution is 4.90. The maximum atomic E-state index is 6.15. The summed E-state index contributed by atoms with van der Waals surface area (Å²) in [5.41, 5.74) is 6.48. The first-order valence-corrected chi connectivity index (χ1v) is 6.68. The molecule has 2 aliphatic rings. The minimum Gasteiger partial charge on any atom is -0.327 e. The summed E-state index contributed by atoms with van der Waals surface area (Å²) >= 11 is 0. The number of hydrogen-bond donors (Lipinski definition) is 1. The normalized spacial score (nSPS) is 29.2. The van der Waals surface area contributed by atoms with E-state index in [0.717, 1.165) is 5.92 Å². The molecule has 0 radical (unpaired) electrons. The van der Waals surface area contributed by atoms with Gasteiger partial charge in [0.05, 0.1) is 0 Å². The summed E-state index contributed by atoms with van der Waals surface area (Å²) in [5.74, 6) is 0.848. The monoisotopic (exact) mass is 225 g/mol. The van der Waals surface area contributed by atoms with Crippen molar-refractivity contribution in [3.8, 4) is 0 Å². The minimum atomic E-state index is 0.321. The average Bonchev–Trinajstić information content (AvgIpc) is 3.02. The van der Waals surface area contributed by atoms with Gasteiger partial charge < -0.3 is 10.6 Å². The SMILES string of the molecule is CN1CCN(CCC(N)C2CC2)CC1(C)C. The Labute approximate surface area is 100.0 Å². The van der Waals surface area contributed by atoms with Gasteiger partial charge in [0.1, 0.15) is 0 Å². The lowest BCUT2D eigenvalue weighted by molar-refractivity contribution is 0.0384. The maximum Gasteiger partial charge on any atom is 0.0277 e. The fraction of sp³-hybridized carbons (Fsp3) is 1.00. The molecule has 0 spiro atoms. The van der Waals surface area contributed by atoms with Gasteiger partial charge in [-0.2, -0.15) is 0 Å². The summed E-state index contributed by atoms with van der Waals surface area (Å²) in [6, 6.07) is 0.461. The number of likely N-dealkylation sites (N-methyl/N-ethyl adjacent to an activating group) is 1. The van der Waals surface area contributed by atoms with E-state index in [1.165, 1.54) is 45.4 Å². The summed E-state index contributed by atoms with van der Waals surface area (Å²) in [7, 11) is 2.23. The van der Waals surface area contributed by atoms with Crippen molar-refractivity contribution in [3.05, 3.63) is 0 Å². The van der Waals surface area contributed by atoms with Crippen molar-refractivity contribution in [2.75, 3.05) is 33.2 Å². The van der Waals surface area contributed by atoms with Gasteiger partial charge in [-0.05, 0) is 52.6 Å². The predicted octanol–water partition coefficient (Wildman–Crippen LogP) is 1.14. The van der Waals surface area contributed by atoms with Crippen LogP contribution < -0.4 is 5.73 Å². The zero-order chi connectivity index (χ0) is 11.8. The van der Waals surface area contributed by atoms with Gasteiger partial charge in [-0.15, -0.1) is 0 Å². The molecule has 16 heavy (non-hydrogen) atoms. The van der Waals surface area contributed by atoms with E-state index < -0.39 is 0 Å². The standard InChI is InChI=1S/C13H27N3/c1-13(2)10-16(9-8-15(13)3)7-6-12(14)11-4-5-11/h11-12H,4-10,14H2,1-3H3. The van der Waals surface area contributed by atoms with Gasteiger partial charge in [0.15, 0.2) is 0 Å². The van der Waals surface area contributed by atoms with Gasteiger partial charge in [-0.3, -0.25) is 4.90 Å². The largest absolute Gasteiger partial charge is 0.327 e. The molecule has 3 nitrogen and oxygen atoms in total. The summed E-state index contributed by atoms with van der Waals surface area (Å²) < 4.78 is 0. The smallest absolute Gasteiger partial charge is 0.0277 e. The van der Waals surface area contributed by atoms with Crippen LogP contribution in [-0.4, -0.2) is 54.6 Å². The first kappa shape index (κ1) is 12.3. The molecule has 94 valence electrons. The molecule has 1 heterocycles. The summed E-state index contributed by atoms with van der Waals surface area (Å²) in [6.45, 7) is 9.43. The van der Waals surface area contributed by atoms with Gasteiger partial charge in [0.25, 0.3) is 0 Å². The molecule has 2 rings (SSSR count). The molecule has 0 aromatic heterocycles. The van der Waals surface area contributed by atoms with Crippen LogP contribution in [0.3, 0.4) is 0 Å². The summed E-state index contributed by atoms with van der Waals surface area (Å²) in [4.78, 5) is 5.05. The zero-order valence-electron chi connectivity index (χ0n) is 11.1. The quantitative estimate of drug-likeness (QED) is 0.779. The molecule has 1 saturated carbocycles. The predicted molar refractivity (Wildman–Crippen MR) is 68.5 cm³/mol. The van der Waals surface area contributed by atoms with Crippen LogP contribution in [0.25, 0.3) is 0 Å². The van der Waals surface area contributed by atoms with E-state index in [1.54, 1.807) is 0 Å². The van der Waals surface area contributed by atoms with Crippen LogP contribution in [0.5, 0.6) is 0 Å². The van der Waals surface area contributed by atoms with Crippen LogP contribution in [0.15, 0.2) is 0 Å². The second-order valence-electron chi connectivity index (χ2n) is 6.30. The Morgan fingerprint density at radius 2 is 2.00 bits per heavy atom. The molecule has 2 fully saturated rings. The number of nitrogens with two attached hydrogens (primary N) is 1. The first-order valence-electron chi connectivity index (χ1n) is 6.68. The second kappa shape index (κ2) is 4.63. The number of piperazine rings is 1. The Kier molecular flexibility index (Phi) is 3.57. The van der Waals surface area contributed by atoms with Crippen molar-refractivity contribution in [3.63, 3.8) is 0 Å². The van der Waals surface area contributed by atoms with E-state index >= 15 is 0 Å². The Hall–Kier alpha value is -0.120. The lowest BCUT2D eigenvalue weighted by Crippen LogP contribution is -2.57. The third-order valence-electron chi connectivity index (χ3n) is 4.40. The number of hydrogen-bond acceptors (Lipinski definition) is 3. The molecular weight excluding hydrogens is 198 g/mol. The Bertz CT molecular complexity index is 235. The Balaban J connectivity index is 1.73. The molecule has 0 aromatic rings. The summed E-state index contributed by atoms with van der Waals surface area (Å²) in [6.07, 6.45) is 3.93. The molecule has 0 amide bonds. The maximum absolute atomic E-state index is 6.15. The molecular formula is C13H27N3. The number of nitrogens with zero attached hydrogens (tertiary/aromatic N) is 2. The first-order chi connectivity index (χ1) is 7.49. The van der Waals surface area contributed by atoms with Crippen LogP contribution >= 0.6 is 0 Å². The van der Waals surface area contributed by atoms with Gasteiger partial charge >= 0.3 is 0 Å². The summed E-state index contributed by atoms with van der Waals surface area (Å²) in [5, 5.41) is 0. The fourth-order valence-corrected chi connectivity index (χ4v) is 2.62.